The van der Waals surface area contributed by atoms with Crippen LogP contribution in [0.2, 0.25) is 0 Å². The monoisotopic (exact) mass is 608 g/mol. The van der Waals surface area contributed by atoms with E-state index in [1.54, 1.807) is 48.5 Å². The van der Waals surface area contributed by atoms with Gasteiger partial charge in [0.2, 0.25) is 5.91 Å². The molecule has 1 heterocycles. The highest BCUT2D eigenvalue weighted by Gasteiger charge is 2.42. The smallest absolute Gasteiger partial charge is 0.416 e. The van der Waals surface area contributed by atoms with E-state index in [9.17, 15) is 31.2 Å². The van der Waals surface area contributed by atoms with Gasteiger partial charge in [-0.25, -0.2) is 8.42 Å². The molecule has 0 bridgehead atoms. The minimum atomic E-state index is -4.51. The molecule has 0 fully saturated rings. The summed E-state index contributed by atoms with van der Waals surface area (Å²) in [5.74, 6) is -0.854. The number of benzene rings is 4. The summed E-state index contributed by atoms with van der Waals surface area (Å²) < 4.78 is 73.2. The van der Waals surface area contributed by atoms with Crippen molar-refractivity contribution < 1.29 is 35.9 Å². The third-order valence-electron chi connectivity index (χ3n) is 7.23. The number of anilines is 1. The zero-order valence-corrected chi connectivity index (χ0v) is 23.8. The molecule has 11 heteroatoms. The van der Waals surface area contributed by atoms with E-state index in [1.807, 2.05) is 0 Å². The molecule has 0 aromatic heterocycles. The second-order valence-electron chi connectivity index (χ2n) is 10.0. The van der Waals surface area contributed by atoms with Crippen LogP contribution in [0.1, 0.15) is 22.3 Å². The van der Waals surface area contributed by atoms with E-state index >= 15 is 0 Å². The fourth-order valence-electron chi connectivity index (χ4n) is 4.98. The van der Waals surface area contributed by atoms with Gasteiger partial charge in [0.15, 0.2) is 0 Å². The zero-order chi connectivity index (χ0) is 30.8. The average molecular weight is 609 g/mol. The van der Waals surface area contributed by atoms with E-state index in [2.05, 4.69) is 10.1 Å². The van der Waals surface area contributed by atoms with Crippen LogP contribution in [0.25, 0.3) is 11.1 Å². The number of ether oxygens (including phenoxy) is 1. The summed E-state index contributed by atoms with van der Waals surface area (Å²) >= 11 is 0. The first-order valence-corrected chi connectivity index (χ1v) is 14.7. The lowest BCUT2D eigenvalue weighted by atomic mass is 10.0. The number of alkyl halides is 3. The van der Waals surface area contributed by atoms with Gasteiger partial charge in [-0.05, 0) is 58.1 Å². The van der Waals surface area contributed by atoms with Crippen molar-refractivity contribution in [1.29, 1.82) is 0 Å². The minimum absolute atomic E-state index is 0.0982. The molecular formula is C32H27F3N2O5S. The summed E-state index contributed by atoms with van der Waals surface area (Å²) in [4.78, 5) is 24.8. The Balaban J connectivity index is 1.37. The number of halogens is 3. The van der Waals surface area contributed by atoms with E-state index in [-0.39, 0.29) is 30.3 Å². The van der Waals surface area contributed by atoms with Gasteiger partial charge in [0.1, 0.15) is 6.04 Å². The van der Waals surface area contributed by atoms with Crippen molar-refractivity contribution in [3.63, 3.8) is 0 Å². The Morgan fingerprint density at radius 2 is 1.56 bits per heavy atom. The van der Waals surface area contributed by atoms with Gasteiger partial charge in [-0.2, -0.15) is 13.2 Å². The number of amides is 1. The summed E-state index contributed by atoms with van der Waals surface area (Å²) in [6, 6.07) is 23.2. The number of esters is 1. The topological polar surface area (TPSA) is 92.8 Å². The van der Waals surface area contributed by atoms with Crippen LogP contribution in [0.15, 0.2) is 102 Å². The Hall–Kier alpha value is -4.64. The number of sulfonamides is 1. The van der Waals surface area contributed by atoms with Crippen molar-refractivity contribution in [3.05, 3.63) is 119 Å². The van der Waals surface area contributed by atoms with Crippen molar-refractivity contribution in [2.45, 2.75) is 36.5 Å². The molecule has 0 radical (unpaired) electrons. The molecule has 43 heavy (non-hydrogen) atoms. The fourth-order valence-corrected chi connectivity index (χ4v) is 6.63. The predicted octanol–water partition coefficient (Wildman–Crippen LogP) is 5.52. The maximum absolute atomic E-state index is 13.9. The molecule has 1 aliphatic rings. The summed E-state index contributed by atoms with van der Waals surface area (Å²) in [5.41, 5.74) is 2.50. The van der Waals surface area contributed by atoms with Crippen LogP contribution >= 0.6 is 0 Å². The van der Waals surface area contributed by atoms with Gasteiger partial charge < -0.3 is 10.1 Å². The van der Waals surface area contributed by atoms with Crippen molar-refractivity contribution in [1.82, 2.24) is 5.32 Å². The number of carbonyl (C=O) groups excluding carboxylic acids is 2. The van der Waals surface area contributed by atoms with Crippen molar-refractivity contribution in [3.8, 4) is 11.1 Å². The Morgan fingerprint density at radius 1 is 0.884 bits per heavy atom. The van der Waals surface area contributed by atoms with E-state index in [1.165, 1.54) is 43.5 Å². The van der Waals surface area contributed by atoms with Crippen LogP contribution in [0.5, 0.6) is 0 Å². The number of hydrogen-bond donors (Lipinski definition) is 1. The predicted molar refractivity (Wildman–Crippen MR) is 154 cm³/mol. The molecule has 1 unspecified atom stereocenters. The fraction of sp³-hybridized carbons (Fsp3) is 0.188. The Morgan fingerprint density at radius 3 is 2.23 bits per heavy atom. The molecule has 0 saturated heterocycles. The van der Waals surface area contributed by atoms with Crippen LogP contribution in [-0.4, -0.2) is 33.4 Å². The van der Waals surface area contributed by atoms with Gasteiger partial charge in [-0.3, -0.25) is 13.9 Å². The van der Waals surface area contributed by atoms with Crippen molar-refractivity contribution in [2.75, 3.05) is 11.4 Å². The third-order valence-corrected chi connectivity index (χ3v) is 9.07. The number of nitrogens with zero attached hydrogens (tertiary/aromatic N) is 1. The summed E-state index contributed by atoms with van der Waals surface area (Å²) in [7, 11) is -2.92. The lowest BCUT2D eigenvalue weighted by Crippen LogP contribution is -2.47. The molecule has 1 aliphatic heterocycles. The van der Waals surface area contributed by atoms with Crippen molar-refractivity contribution >= 4 is 27.6 Å². The molecule has 0 aliphatic carbocycles. The first kappa shape index (κ1) is 29.8. The number of carbonyl (C=O) groups is 2. The Bertz CT molecular complexity index is 1760. The van der Waals surface area contributed by atoms with Crippen LogP contribution in [0.3, 0.4) is 0 Å². The molecule has 0 spiro atoms. The molecule has 7 nitrogen and oxygen atoms in total. The maximum atomic E-state index is 13.9. The lowest BCUT2D eigenvalue weighted by Gasteiger charge is -2.26. The second kappa shape index (κ2) is 11.9. The molecule has 4 aromatic carbocycles. The van der Waals surface area contributed by atoms with E-state index in [0.717, 1.165) is 27.6 Å². The first-order chi connectivity index (χ1) is 20.5. The van der Waals surface area contributed by atoms with Gasteiger partial charge in [0, 0.05) is 13.0 Å². The summed E-state index contributed by atoms with van der Waals surface area (Å²) in [6.45, 7) is 0.143. The third kappa shape index (κ3) is 6.41. The molecule has 5 rings (SSSR count). The van der Waals surface area contributed by atoms with Crippen LogP contribution in [0, 0.1) is 0 Å². The van der Waals surface area contributed by atoms with Gasteiger partial charge in [0.25, 0.3) is 10.0 Å². The van der Waals surface area contributed by atoms with E-state index in [0.29, 0.717) is 22.4 Å². The van der Waals surface area contributed by atoms with E-state index < -0.39 is 33.7 Å². The SMILES string of the molecule is COC(=O)Cc1ccc(CNC(=O)C2Cc3ccccc3N2S(=O)(=O)c2ccc(-c3cccc(C(F)(F)F)c3)cc2)cc1. The number of rotatable bonds is 8. The quantitative estimate of drug-likeness (QED) is 0.266. The van der Waals surface area contributed by atoms with Crippen molar-refractivity contribution in [2.24, 2.45) is 0 Å². The van der Waals surface area contributed by atoms with Crippen LogP contribution in [-0.2, 0) is 49.9 Å². The Kier molecular flexibility index (Phi) is 8.27. The molecule has 4 aromatic rings. The second-order valence-corrected chi connectivity index (χ2v) is 11.9. The molecular weight excluding hydrogens is 581 g/mol. The van der Waals surface area contributed by atoms with Gasteiger partial charge in [-0.15, -0.1) is 0 Å². The highest BCUT2D eigenvalue weighted by atomic mass is 32.2. The van der Waals surface area contributed by atoms with Gasteiger partial charge in [0.05, 0.1) is 29.7 Å². The number of methoxy groups -OCH3 is 1. The standard InChI is InChI=1S/C32H27F3N2O5S/c1-42-30(38)17-21-9-11-22(12-10-21)20-36-31(39)29-19-25-5-2-3-8-28(25)37(29)43(40,41)27-15-13-23(14-16-27)24-6-4-7-26(18-24)32(33,34)35/h2-16,18,29H,17,19-20H2,1H3,(H,36,39). The lowest BCUT2D eigenvalue weighted by molar-refractivity contribution is -0.140. The molecule has 1 N–H and O–H groups in total. The Labute approximate surface area is 247 Å². The minimum Gasteiger partial charge on any atom is -0.469 e. The number of nitrogens with one attached hydrogen (secondary N) is 1. The number of hydrogen-bond acceptors (Lipinski definition) is 5. The first-order valence-electron chi connectivity index (χ1n) is 13.3. The number of fused-ring (bicyclic) bond motifs is 1. The van der Waals surface area contributed by atoms with Gasteiger partial charge in [-0.1, -0.05) is 66.7 Å². The molecule has 0 saturated carbocycles. The number of para-hydroxylation sites is 1. The molecule has 1 atom stereocenters. The zero-order valence-electron chi connectivity index (χ0n) is 23.0. The average Bonchev–Trinajstić information content (AvgIpc) is 3.41. The highest BCUT2D eigenvalue weighted by molar-refractivity contribution is 7.93. The van der Waals surface area contributed by atoms with Crippen LogP contribution < -0.4 is 9.62 Å². The molecule has 1 amide bonds. The van der Waals surface area contributed by atoms with Crippen LogP contribution in [0.4, 0.5) is 18.9 Å². The van der Waals surface area contributed by atoms with Gasteiger partial charge >= 0.3 is 12.1 Å². The normalized spacial score (nSPS) is 14.7. The molecule has 222 valence electrons. The maximum Gasteiger partial charge on any atom is 0.416 e. The summed E-state index contributed by atoms with van der Waals surface area (Å²) in [5, 5.41) is 2.82. The van der Waals surface area contributed by atoms with E-state index in [4.69, 9.17) is 0 Å². The largest absolute Gasteiger partial charge is 0.469 e. The highest BCUT2D eigenvalue weighted by Crippen LogP contribution is 2.38. The summed E-state index contributed by atoms with van der Waals surface area (Å²) in [6.07, 6.45) is -4.22.